The van der Waals surface area contributed by atoms with Crippen molar-refractivity contribution >= 4 is 0 Å². The lowest BCUT2D eigenvalue weighted by Crippen LogP contribution is -2.14. The number of aliphatic hydroxyl groups is 1. The molecular weight excluding hydrogens is 244 g/mol. The summed E-state index contributed by atoms with van der Waals surface area (Å²) in [7, 11) is 0. The van der Waals surface area contributed by atoms with E-state index in [1.54, 1.807) is 0 Å². The number of benzene rings is 2. The van der Waals surface area contributed by atoms with Gasteiger partial charge in [0.15, 0.2) is 0 Å². The van der Waals surface area contributed by atoms with Crippen molar-refractivity contribution in [1.29, 1.82) is 0 Å². The van der Waals surface area contributed by atoms with Crippen LogP contribution in [0.25, 0.3) is 11.1 Å². The van der Waals surface area contributed by atoms with E-state index in [-0.39, 0.29) is 0 Å². The summed E-state index contributed by atoms with van der Waals surface area (Å²) >= 11 is 0. The molecule has 0 radical (unpaired) electrons. The van der Waals surface area contributed by atoms with E-state index in [1.165, 1.54) is 29.5 Å². The van der Waals surface area contributed by atoms with E-state index in [0.29, 0.717) is 0 Å². The molecule has 106 valence electrons. The van der Waals surface area contributed by atoms with Crippen molar-refractivity contribution in [3.05, 3.63) is 59.7 Å². The monoisotopic (exact) mass is 268 g/mol. The van der Waals surface area contributed by atoms with Gasteiger partial charge in [0.2, 0.25) is 0 Å². The van der Waals surface area contributed by atoms with Crippen LogP contribution in [0.4, 0.5) is 0 Å². The smallest absolute Gasteiger partial charge is 0.0840 e. The van der Waals surface area contributed by atoms with E-state index in [9.17, 15) is 5.11 Å². The van der Waals surface area contributed by atoms with E-state index in [1.807, 2.05) is 26.0 Å². The van der Waals surface area contributed by atoms with Crippen LogP contribution in [0.3, 0.4) is 0 Å². The van der Waals surface area contributed by atoms with Crippen molar-refractivity contribution in [2.24, 2.45) is 0 Å². The molecule has 0 atom stereocenters. The van der Waals surface area contributed by atoms with Gasteiger partial charge in [-0.15, -0.1) is 0 Å². The first-order chi connectivity index (χ1) is 9.50. The van der Waals surface area contributed by atoms with Crippen molar-refractivity contribution in [3.8, 4) is 11.1 Å². The minimum absolute atomic E-state index is 0.775. The van der Waals surface area contributed by atoms with Gasteiger partial charge in [0.1, 0.15) is 0 Å². The van der Waals surface area contributed by atoms with E-state index >= 15 is 0 Å². The summed E-state index contributed by atoms with van der Waals surface area (Å²) in [6.07, 6.45) is 3.65. The third kappa shape index (κ3) is 3.71. The maximum atomic E-state index is 9.97. The van der Waals surface area contributed by atoms with Gasteiger partial charge in [0.05, 0.1) is 5.60 Å². The average molecular weight is 268 g/mol. The van der Waals surface area contributed by atoms with Gasteiger partial charge in [-0.3, -0.25) is 0 Å². The Morgan fingerprint density at radius 3 is 1.80 bits per heavy atom. The van der Waals surface area contributed by atoms with Crippen molar-refractivity contribution in [3.63, 3.8) is 0 Å². The molecule has 0 aliphatic rings. The minimum atomic E-state index is -0.775. The Balaban J connectivity index is 2.15. The van der Waals surface area contributed by atoms with Gasteiger partial charge in [-0.05, 0) is 48.9 Å². The number of hydrogen-bond acceptors (Lipinski definition) is 1. The Labute approximate surface area is 122 Å². The average Bonchev–Trinajstić information content (AvgIpc) is 2.45. The lowest BCUT2D eigenvalue weighted by Gasteiger charge is -2.18. The fourth-order valence-corrected chi connectivity index (χ4v) is 2.32. The largest absolute Gasteiger partial charge is 0.386 e. The lowest BCUT2D eigenvalue weighted by atomic mass is 9.95. The number of hydrogen-bond donors (Lipinski definition) is 1. The van der Waals surface area contributed by atoms with Crippen LogP contribution in [0.2, 0.25) is 0 Å². The fraction of sp³-hybridized carbons (Fsp3) is 0.368. The molecule has 0 aliphatic heterocycles. The van der Waals surface area contributed by atoms with Crippen LogP contribution in [-0.2, 0) is 12.0 Å². The minimum Gasteiger partial charge on any atom is -0.386 e. The third-order valence-electron chi connectivity index (χ3n) is 3.70. The highest BCUT2D eigenvalue weighted by molar-refractivity contribution is 5.64. The number of aryl methyl sites for hydroxylation is 1. The van der Waals surface area contributed by atoms with Crippen LogP contribution in [0.1, 0.15) is 44.7 Å². The molecule has 0 aliphatic carbocycles. The van der Waals surface area contributed by atoms with Crippen molar-refractivity contribution < 1.29 is 5.11 Å². The molecule has 0 spiro atoms. The Bertz CT molecular complexity index is 529. The topological polar surface area (TPSA) is 20.2 Å². The molecule has 20 heavy (non-hydrogen) atoms. The maximum Gasteiger partial charge on any atom is 0.0840 e. The highest BCUT2D eigenvalue weighted by atomic mass is 16.3. The standard InChI is InChI=1S/C19H24O/c1-4-5-6-15-7-9-16(10-8-15)17-11-13-18(14-12-17)19(2,3)20/h7-14,20H,4-6H2,1-3H3. The molecule has 1 heteroatoms. The second-order valence-electron chi connectivity index (χ2n) is 5.94. The second kappa shape index (κ2) is 6.23. The molecule has 0 aromatic heterocycles. The first-order valence-corrected chi connectivity index (χ1v) is 7.43. The van der Waals surface area contributed by atoms with Crippen molar-refractivity contribution in [2.75, 3.05) is 0 Å². The molecule has 2 rings (SSSR count). The zero-order valence-corrected chi connectivity index (χ0v) is 12.7. The molecule has 0 unspecified atom stereocenters. The van der Waals surface area contributed by atoms with Gasteiger partial charge in [0, 0.05) is 0 Å². The fourth-order valence-electron chi connectivity index (χ4n) is 2.32. The highest BCUT2D eigenvalue weighted by Gasteiger charge is 2.15. The summed E-state index contributed by atoms with van der Waals surface area (Å²) in [5, 5.41) is 9.97. The van der Waals surface area contributed by atoms with Crippen LogP contribution in [-0.4, -0.2) is 5.11 Å². The second-order valence-corrected chi connectivity index (χ2v) is 5.94. The quantitative estimate of drug-likeness (QED) is 0.815. The predicted octanol–water partition coefficient (Wildman–Crippen LogP) is 4.92. The van der Waals surface area contributed by atoms with E-state index in [2.05, 4.69) is 43.3 Å². The van der Waals surface area contributed by atoms with Crippen LogP contribution >= 0.6 is 0 Å². The third-order valence-corrected chi connectivity index (χ3v) is 3.70. The molecule has 0 fully saturated rings. The molecular formula is C19H24O. The van der Waals surface area contributed by atoms with Crippen LogP contribution in [0.5, 0.6) is 0 Å². The molecule has 2 aromatic carbocycles. The molecule has 1 N–H and O–H groups in total. The van der Waals surface area contributed by atoms with Crippen molar-refractivity contribution in [2.45, 2.75) is 45.6 Å². The summed E-state index contributed by atoms with van der Waals surface area (Å²) in [6, 6.07) is 17.0. The van der Waals surface area contributed by atoms with Gasteiger partial charge >= 0.3 is 0 Å². The molecule has 0 amide bonds. The Morgan fingerprint density at radius 2 is 1.35 bits per heavy atom. The van der Waals surface area contributed by atoms with Crippen LogP contribution < -0.4 is 0 Å². The van der Waals surface area contributed by atoms with Gasteiger partial charge in [-0.1, -0.05) is 61.9 Å². The normalized spacial score (nSPS) is 11.6. The number of unbranched alkanes of at least 4 members (excludes halogenated alkanes) is 1. The molecule has 0 heterocycles. The van der Waals surface area contributed by atoms with Gasteiger partial charge in [-0.2, -0.15) is 0 Å². The van der Waals surface area contributed by atoms with E-state index < -0.39 is 5.60 Å². The zero-order valence-electron chi connectivity index (χ0n) is 12.7. The Morgan fingerprint density at radius 1 is 0.850 bits per heavy atom. The first-order valence-electron chi connectivity index (χ1n) is 7.43. The van der Waals surface area contributed by atoms with E-state index in [0.717, 1.165) is 12.0 Å². The molecule has 0 bridgehead atoms. The predicted molar refractivity (Wildman–Crippen MR) is 85.7 cm³/mol. The summed E-state index contributed by atoms with van der Waals surface area (Å²) < 4.78 is 0. The summed E-state index contributed by atoms with van der Waals surface area (Å²) in [5.41, 5.74) is 4.00. The van der Waals surface area contributed by atoms with Gasteiger partial charge < -0.3 is 5.11 Å². The van der Waals surface area contributed by atoms with Crippen molar-refractivity contribution in [1.82, 2.24) is 0 Å². The van der Waals surface area contributed by atoms with Crippen LogP contribution in [0, 0.1) is 0 Å². The van der Waals surface area contributed by atoms with Gasteiger partial charge in [0.25, 0.3) is 0 Å². The number of rotatable bonds is 5. The van der Waals surface area contributed by atoms with Gasteiger partial charge in [-0.25, -0.2) is 0 Å². The molecule has 2 aromatic rings. The summed E-state index contributed by atoms with van der Waals surface area (Å²) in [6.45, 7) is 5.84. The summed E-state index contributed by atoms with van der Waals surface area (Å²) in [4.78, 5) is 0. The Kier molecular flexibility index (Phi) is 4.61. The zero-order chi connectivity index (χ0) is 14.6. The molecule has 0 saturated heterocycles. The maximum absolute atomic E-state index is 9.97. The highest BCUT2D eigenvalue weighted by Crippen LogP contribution is 2.25. The lowest BCUT2D eigenvalue weighted by molar-refractivity contribution is 0.0786. The van der Waals surface area contributed by atoms with Crippen LogP contribution in [0.15, 0.2) is 48.5 Å². The first kappa shape index (κ1) is 14.8. The molecule has 0 saturated carbocycles. The summed E-state index contributed by atoms with van der Waals surface area (Å²) in [5.74, 6) is 0. The SMILES string of the molecule is CCCCc1ccc(-c2ccc(C(C)(C)O)cc2)cc1. The molecule has 1 nitrogen and oxygen atoms in total. The Hall–Kier alpha value is -1.60. The van der Waals surface area contributed by atoms with E-state index in [4.69, 9.17) is 0 Å².